The highest BCUT2D eigenvalue weighted by Crippen LogP contribution is 2.34. The summed E-state index contributed by atoms with van der Waals surface area (Å²) in [5.74, 6) is 0.914. The summed E-state index contributed by atoms with van der Waals surface area (Å²) < 4.78 is 22.5. The molecular weight excluding hydrogens is 256 g/mol. The van der Waals surface area contributed by atoms with E-state index in [1.165, 1.54) is 0 Å². The van der Waals surface area contributed by atoms with E-state index in [-0.39, 0.29) is 0 Å². The number of benzene rings is 2. The van der Waals surface area contributed by atoms with Gasteiger partial charge in [0.15, 0.2) is 11.5 Å². The summed E-state index contributed by atoms with van der Waals surface area (Å²) >= 11 is 0. The summed E-state index contributed by atoms with van der Waals surface area (Å²) in [6.45, 7) is 2.80. The molecule has 0 aliphatic carbocycles. The minimum absolute atomic E-state index is 0.526. The molecule has 3 rings (SSSR count). The van der Waals surface area contributed by atoms with Crippen LogP contribution in [0.3, 0.4) is 0 Å². The lowest BCUT2D eigenvalue weighted by Crippen LogP contribution is -2.33. The summed E-state index contributed by atoms with van der Waals surface area (Å²) in [4.78, 5) is 0. The predicted molar refractivity (Wildman–Crippen MR) is 73.9 cm³/mol. The molecule has 2 aromatic rings. The standard InChI is InChI=1S/C16H16O4/c1-16(17-11-12-18-16)20-15-10-6-5-9-14(15)19-13-7-3-2-4-8-13/h2-10H,11-12H2,1H3. The third-order valence-electron chi connectivity index (χ3n) is 2.93. The molecule has 0 saturated carbocycles. The first-order valence-corrected chi connectivity index (χ1v) is 6.54. The van der Waals surface area contributed by atoms with E-state index in [2.05, 4.69) is 0 Å². The maximum Gasteiger partial charge on any atom is 0.324 e. The van der Waals surface area contributed by atoms with Crippen LogP contribution in [0.15, 0.2) is 54.6 Å². The molecule has 0 spiro atoms. The summed E-state index contributed by atoms with van der Waals surface area (Å²) in [6, 6.07) is 17.0. The molecule has 0 N–H and O–H groups in total. The molecule has 0 aromatic heterocycles. The predicted octanol–water partition coefficient (Wildman–Crippen LogP) is 3.58. The van der Waals surface area contributed by atoms with Crippen molar-refractivity contribution in [3.05, 3.63) is 54.6 Å². The van der Waals surface area contributed by atoms with Crippen molar-refractivity contribution >= 4 is 0 Å². The van der Waals surface area contributed by atoms with Crippen molar-refractivity contribution in [2.24, 2.45) is 0 Å². The molecule has 0 radical (unpaired) electrons. The molecule has 20 heavy (non-hydrogen) atoms. The van der Waals surface area contributed by atoms with E-state index in [0.717, 1.165) is 5.75 Å². The van der Waals surface area contributed by atoms with Crippen LogP contribution >= 0.6 is 0 Å². The second-order valence-electron chi connectivity index (χ2n) is 4.52. The van der Waals surface area contributed by atoms with Gasteiger partial charge in [-0.3, -0.25) is 0 Å². The van der Waals surface area contributed by atoms with Crippen LogP contribution < -0.4 is 9.47 Å². The molecule has 4 nitrogen and oxygen atoms in total. The van der Waals surface area contributed by atoms with Crippen LogP contribution in [-0.2, 0) is 9.47 Å². The average Bonchev–Trinajstić information content (AvgIpc) is 2.89. The molecule has 2 aromatic carbocycles. The first kappa shape index (κ1) is 13.0. The fraction of sp³-hybridized carbons (Fsp3) is 0.250. The molecular formula is C16H16O4. The summed E-state index contributed by atoms with van der Waals surface area (Å²) in [5, 5.41) is 0. The Bertz CT molecular complexity index is 562. The fourth-order valence-electron chi connectivity index (χ4n) is 1.99. The van der Waals surface area contributed by atoms with Crippen molar-refractivity contribution in [1.82, 2.24) is 0 Å². The molecule has 1 saturated heterocycles. The van der Waals surface area contributed by atoms with Gasteiger partial charge in [0, 0.05) is 6.92 Å². The molecule has 1 aliphatic rings. The minimum Gasteiger partial charge on any atom is -0.453 e. The van der Waals surface area contributed by atoms with Crippen LogP contribution in [-0.4, -0.2) is 19.2 Å². The summed E-state index contributed by atoms with van der Waals surface area (Å²) in [5.41, 5.74) is 0. The molecule has 0 amide bonds. The van der Waals surface area contributed by atoms with Gasteiger partial charge in [-0.15, -0.1) is 0 Å². The zero-order valence-corrected chi connectivity index (χ0v) is 11.2. The highest BCUT2D eigenvalue weighted by Gasteiger charge is 2.34. The van der Waals surface area contributed by atoms with Crippen LogP contribution in [0.25, 0.3) is 0 Å². The Morgan fingerprint density at radius 3 is 2.15 bits per heavy atom. The Morgan fingerprint density at radius 1 is 0.850 bits per heavy atom. The van der Waals surface area contributed by atoms with Crippen molar-refractivity contribution in [3.63, 3.8) is 0 Å². The Labute approximate surface area is 117 Å². The summed E-state index contributed by atoms with van der Waals surface area (Å²) in [7, 11) is 0. The lowest BCUT2D eigenvalue weighted by Gasteiger charge is -2.24. The van der Waals surface area contributed by atoms with Gasteiger partial charge in [-0.1, -0.05) is 30.3 Å². The first-order chi connectivity index (χ1) is 9.75. The second-order valence-corrected chi connectivity index (χ2v) is 4.52. The SMILES string of the molecule is CC1(Oc2ccccc2Oc2ccccc2)OCCO1. The van der Waals surface area contributed by atoms with Crippen molar-refractivity contribution in [2.75, 3.05) is 13.2 Å². The monoisotopic (exact) mass is 272 g/mol. The number of hydrogen-bond donors (Lipinski definition) is 0. The van der Waals surface area contributed by atoms with E-state index < -0.39 is 5.97 Å². The van der Waals surface area contributed by atoms with E-state index in [9.17, 15) is 0 Å². The van der Waals surface area contributed by atoms with Crippen LogP contribution in [0.2, 0.25) is 0 Å². The van der Waals surface area contributed by atoms with Gasteiger partial charge in [-0.25, -0.2) is 0 Å². The van der Waals surface area contributed by atoms with Crippen molar-refractivity contribution in [3.8, 4) is 17.2 Å². The van der Waals surface area contributed by atoms with Gasteiger partial charge in [0.25, 0.3) is 0 Å². The van der Waals surface area contributed by atoms with Crippen LogP contribution in [0.4, 0.5) is 0 Å². The minimum atomic E-state index is -1.05. The van der Waals surface area contributed by atoms with E-state index >= 15 is 0 Å². The van der Waals surface area contributed by atoms with Crippen LogP contribution in [0.5, 0.6) is 17.2 Å². The van der Waals surface area contributed by atoms with Crippen LogP contribution in [0, 0.1) is 0 Å². The topological polar surface area (TPSA) is 36.9 Å². The Balaban J connectivity index is 1.81. The zero-order valence-electron chi connectivity index (χ0n) is 11.2. The third kappa shape index (κ3) is 2.92. The molecule has 0 unspecified atom stereocenters. The van der Waals surface area contributed by atoms with Crippen LogP contribution in [0.1, 0.15) is 6.92 Å². The molecule has 1 aliphatic heterocycles. The number of para-hydroxylation sites is 3. The maximum absolute atomic E-state index is 5.83. The lowest BCUT2D eigenvalue weighted by molar-refractivity contribution is -0.272. The molecule has 104 valence electrons. The molecule has 4 heteroatoms. The highest BCUT2D eigenvalue weighted by atomic mass is 16.9. The summed E-state index contributed by atoms with van der Waals surface area (Å²) in [6.07, 6.45) is 0. The normalized spacial score (nSPS) is 16.9. The quantitative estimate of drug-likeness (QED) is 0.852. The van der Waals surface area contributed by atoms with E-state index in [0.29, 0.717) is 24.7 Å². The first-order valence-electron chi connectivity index (χ1n) is 6.54. The van der Waals surface area contributed by atoms with E-state index in [4.69, 9.17) is 18.9 Å². The largest absolute Gasteiger partial charge is 0.453 e. The number of hydrogen-bond acceptors (Lipinski definition) is 4. The molecule has 1 heterocycles. The maximum atomic E-state index is 5.83. The van der Waals surface area contributed by atoms with Gasteiger partial charge in [0.1, 0.15) is 5.75 Å². The second kappa shape index (κ2) is 5.53. The fourth-order valence-corrected chi connectivity index (χ4v) is 1.99. The lowest BCUT2D eigenvalue weighted by atomic mass is 10.3. The highest BCUT2D eigenvalue weighted by molar-refractivity contribution is 5.42. The average molecular weight is 272 g/mol. The number of ether oxygens (including phenoxy) is 4. The molecule has 1 fully saturated rings. The van der Waals surface area contributed by atoms with Gasteiger partial charge < -0.3 is 18.9 Å². The third-order valence-corrected chi connectivity index (χ3v) is 2.93. The Kier molecular flexibility index (Phi) is 3.58. The molecule has 0 atom stereocenters. The van der Waals surface area contributed by atoms with E-state index in [1.54, 1.807) is 6.92 Å². The molecule has 0 bridgehead atoms. The van der Waals surface area contributed by atoms with E-state index in [1.807, 2.05) is 54.6 Å². The van der Waals surface area contributed by atoms with Crippen molar-refractivity contribution in [1.29, 1.82) is 0 Å². The van der Waals surface area contributed by atoms with Crippen molar-refractivity contribution < 1.29 is 18.9 Å². The smallest absolute Gasteiger partial charge is 0.324 e. The van der Waals surface area contributed by atoms with Gasteiger partial charge in [-0.2, -0.15) is 0 Å². The van der Waals surface area contributed by atoms with Crippen molar-refractivity contribution in [2.45, 2.75) is 12.9 Å². The number of rotatable bonds is 4. The van der Waals surface area contributed by atoms with Gasteiger partial charge in [0.05, 0.1) is 13.2 Å². The van der Waals surface area contributed by atoms with Gasteiger partial charge in [0.2, 0.25) is 0 Å². The Morgan fingerprint density at radius 2 is 1.45 bits per heavy atom. The van der Waals surface area contributed by atoms with Gasteiger partial charge in [-0.05, 0) is 24.3 Å². The zero-order chi connectivity index (χ0) is 13.8. The van der Waals surface area contributed by atoms with Gasteiger partial charge >= 0.3 is 5.97 Å². The Hall–Kier alpha value is -2.04.